The smallest absolute Gasteiger partial charge is 0.115 e. The molecular weight excluding hydrogens is 606 g/mol. The maximum Gasteiger partial charge on any atom is 0.115 e. The second-order valence-corrected chi connectivity index (χ2v) is 20.4. The Morgan fingerprint density at radius 3 is 2.45 bits per heavy atom. The van der Waals surface area contributed by atoms with Crippen molar-refractivity contribution in [3.8, 4) is 5.75 Å². The van der Waals surface area contributed by atoms with E-state index in [9.17, 15) is 20.4 Å². The van der Waals surface area contributed by atoms with Crippen LogP contribution in [0, 0.1) is 70.0 Å². The summed E-state index contributed by atoms with van der Waals surface area (Å²) in [6.45, 7) is 14.1. The number of hydrogen-bond acceptors (Lipinski definition) is 5. The average Bonchev–Trinajstić information content (AvgIpc) is 3.63. The Kier molecular flexibility index (Phi) is 9.10. The van der Waals surface area contributed by atoms with E-state index in [0.717, 1.165) is 70.3 Å². The number of rotatable bonds is 6. The van der Waals surface area contributed by atoms with Crippen molar-refractivity contribution in [2.75, 3.05) is 13.1 Å². The quantitative estimate of drug-likeness (QED) is 0.244. The van der Waals surface area contributed by atoms with E-state index in [1.807, 2.05) is 12.1 Å². The van der Waals surface area contributed by atoms with E-state index >= 15 is 0 Å². The fraction of sp³-hybridized carbons (Fsp3) is 0.864. The van der Waals surface area contributed by atoms with Crippen molar-refractivity contribution in [1.82, 2.24) is 4.90 Å². The fourth-order valence-corrected chi connectivity index (χ4v) is 15.1. The molecule has 5 aliphatic carbocycles. The highest BCUT2D eigenvalue weighted by atomic mass is 16.3. The van der Waals surface area contributed by atoms with E-state index < -0.39 is 5.60 Å². The molecule has 7 fully saturated rings. The number of nitrogens with zero attached hydrogens (tertiary/aromatic N) is 1. The van der Waals surface area contributed by atoms with Crippen LogP contribution in [0.2, 0.25) is 0 Å². The average molecular weight is 676 g/mol. The number of aromatic hydroxyl groups is 1. The lowest BCUT2D eigenvalue weighted by Gasteiger charge is -2.60. The van der Waals surface area contributed by atoms with Crippen LogP contribution in [-0.4, -0.2) is 62.3 Å². The Bertz CT molecular complexity index is 1350. The third-order valence-corrected chi connectivity index (χ3v) is 17.2. The predicted molar refractivity (Wildman–Crippen MR) is 196 cm³/mol. The van der Waals surface area contributed by atoms with Crippen LogP contribution in [0.4, 0.5) is 0 Å². The van der Waals surface area contributed by atoms with Crippen molar-refractivity contribution in [3.05, 3.63) is 29.8 Å². The molecule has 0 aromatic heterocycles. The number of phenols is 1. The van der Waals surface area contributed by atoms with Gasteiger partial charge in [0.05, 0.1) is 17.8 Å². The van der Waals surface area contributed by atoms with Crippen molar-refractivity contribution in [2.45, 2.75) is 154 Å². The van der Waals surface area contributed by atoms with Gasteiger partial charge in [-0.3, -0.25) is 4.90 Å². The number of piperidine rings is 2. The molecule has 5 heteroatoms. The molecule has 274 valence electrons. The molecule has 49 heavy (non-hydrogen) atoms. The molecule has 5 saturated carbocycles. The van der Waals surface area contributed by atoms with Gasteiger partial charge in [0.25, 0.3) is 0 Å². The predicted octanol–water partition coefficient (Wildman–Crippen LogP) is 8.39. The molecule has 1 aromatic rings. The topological polar surface area (TPSA) is 84.2 Å². The maximum absolute atomic E-state index is 12.2. The van der Waals surface area contributed by atoms with Crippen molar-refractivity contribution in [3.63, 3.8) is 0 Å². The van der Waals surface area contributed by atoms with E-state index in [2.05, 4.69) is 45.6 Å². The van der Waals surface area contributed by atoms with Crippen LogP contribution in [0.3, 0.4) is 0 Å². The summed E-state index contributed by atoms with van der Waals surface area (Å²) < 4.78 is 0. The second-order valence-electron chi connectivity index (χ2n) is 20.4. The van der Waals surface area contributed by atoms with Crippen LogP contribution in [-0.2, 0) is 0 Å². The number of hydrogen-bond donors (Lipinski definition) is 4. The summed E-state index contributed by atoms with van der Waals surface area (Å²) >= 11 is 0. The summed E-state index contributed by atoms with van der Waals surface area (Å²) in [4.78, 5) is 2.70. The molecule has 16 unspecified atom stereocenters. The SMILES string of the molecule is CC(C)CCC(CC1CCC2(C1)CC1(C)C(CC2O)C(O)CC2C3CCC4C(CN5CC(C)CCC5C4(C)O)C3CC21)c1cccc(O)c1. The normalized spacial score (nSPS) is 50.0. The lowest BCUT2D eigenvalue weighted by molar-refractivity contribution is -0.180. The lowest BCUT2D eigenvalue weighted by atomic mass is 9.46. The van der Waals surface area contributed by atoms with E-state index in [0.29, 0.717) is 65.1 Å². The first-order valence-electron chi connectivity index (χ1n) is 20.9. The van der Waals surface area contributed by atoms with E-state index in [4.69, 9.17) is 0 Å². The van der Waals surface area contributed by atoms with Crippen LogP contribution in [0.15, 0.2) is 24.3 Å². The molecule has 4 N–H and O–H groups in total. The minimum atomic E-state index is -0.600. The van der Waals surface area contributed by atoms with Crippen LogP contribution < -0.4 is 0 Å². The van der Waals surface area contributed by atoms with Crippen LogP contribution >= 0.6 is 0 Å². The zero-order chi connectivity index (χ0) is 34.5. The van der Waals surface area contributed by atoms with Gasteiger partial charge in [0.2, 0.25) is 0 Å². The highest BCUT2D eigenvalue weighted by molar-refractivity contribution is 5.30. The van der Waals surface area contributed by atoms with Gasteiger partial charge in [0, 0.05) is 19.1 Å². The summed E-state index contributed by atoms with van der Waals surface area (Å²) in [5, 5.41) is 46.4. The van der Waals surface area contributed by atoms with Crippen LogP contribution in [0.25, 0.3) is 0 Å². The second kappa shape index (κ2) is 12.8. The number of phenolic OH excluding ortho intramolecular Hbond substituents is 1. The Morgan fingerprint density at radius 2 is 1.67 bits per heavy atom. The van der Waals surface area contributed by atoms with Crippen molar-refractivity contribution < 1.29 is 20.4 Å². The molecule has 0 amide bonds. The monoisotopic (exact) mass is 676 g/mol. The first-order chi connectivity index (χ1) is 23.3. The first-order valence-corrected chi connectivity index (χ1v) is 20.9. The Morgan fingerprint density at radius 1 is 0.857 bits per heavy atom. The third kappa shape index (κ3) is 5.86. The minimum Gasteiger partial charge on any atom is -0.508 e. The lowest BCUT2D eigenvalue weighted by Crippen LogP contribution is -2.67. The van der Waals surface area contributed by atoms with Crippen molar-refractivity contribution >= 4 is 0 Å². The zero-order valence-electron chi connectivity index (χ0n) is 31.4. The number of fused-ring (bicyclic) bond motifs is 8. The third-order valence-electron chi connectivity index (χ3n) is 17.2. The molecule has 16 atom stereocenters. The molecule has 7 aliphatic rings. The highest BCUT2D eigenvalue weighted by Crippen LogP contribution is 2.71. The summed E-state index contributed by atoms with van der Waals surface area (Å²) in [6, 6.07) is 8.31. The molecule has 1 spiro atoms. The highest BCUT2D eigenvalue weighted by Gasteiger charge is 2.67. The molecule has 8 rings (SSSR count). The molecule has 1 aromatic carbocycles. The molecule has 2 saturated heterocycles. The van der Waals surface area contributed by atoms with Gasteiger partial charge in [-0.1, -0.05) is 46.2 Å². The molecule has 5 nitrogen and oxygen atoms in total. The van der Waals surface area contributed by atoms with E-state index in [1.165, 1.54) is 44.2 Å². The van der Waals surface area contributed by atoms with Crippen LogP contribution in [0.1, 0.15) is 136 Å². The fourth-order valence-electron chi connectivity index (χ4n) is 15.1. The van der Waals surface area contributed by atoms with Gasteiger partial charge < -0.3 is 20.4 Å². The standard InChI is InChI=1S/C44H69NO4/c1-26(2)9-11-30(29-7-6-8-31(46)18-29)17-28-15-16-44(22-28)25-42(4)37-19-33-32(34(37)20-39(47)38(42)21-41(44)48)12-13-36-35(33)24-45-23-27(3)10-14-40(45)43(36,5)49/h6-8,18,26-28,30,32-41,46-49H,9-17,19-25H2,1-5H3. The van der Waals surface area contributed by atoms with Gasteiger partial charge in [0.1, 0.15) is 5.75 Å². The van der Waals surface area contributed by atoms with Gasteiger partial charge >= 0.3 is 0 Å². The zero-order valence-corrected chi connectivity index (χ0v) is 31.4. The number of benzene rings is 1. The van der Waals surface area contributed by atoms with Gasteiger partial charge in [0.15, 0.2) is 0 Å². The van der Waals surface area contributed by atoms with Gasteiger partial charge in [-0.15, -0.1) is 0 Å². The molecular formula is C44H69NO4. The molecule has 2 heterocycles. The van der Waals surface area contributed by atoms with Crippen molar-refractivity contribution in [2.24, 2.45) is 70.0 Å². The minimum absolute atomic E-state index is 0.0408. The summed E-state index contributed by atoms with van der Waals surface area (Å²) in [5.74, 6) is 6.48. The summed E-state index contributed by atoms with van der Waals surface area (Å²) in [7, 11) is 0. The Balaban J connectivity index is 1.03. The first kappa shape index (κ1) is 34.9. The van der Waals surface area contributed by atoms with Gasteiger partial charge in [-0.05, 0) is 184 Å². The summed E-state index contributed by atoms with van der Waals surface area (Å²) in [6.07, 6.45) is 15.0. The molecule has 2 aliphatic heterocycles. The number of aliphatic hydroxyl groups excluding tert-OH is 2. The van der Waals surface area contributed by atoms with Crippen LogP contribution in [0.5, 0.6) is 5.75 Å². The van der Waals surface area contributed by atoms with E-state index in [1.54, 1.807) is 6.07 Å². The Labute approximate surface area is 297 Å². The van der Waals surface area contributed by atoms with Crippen molar-refractivity contribution in [1.29, 1.82) is 0 Å². The summed E-state index contributed by atoms with van der Waals surface area (Å²) in [5.41, 5.74) is 0.693. The maximum atomic E-state index is 12.2. The number of aliphatic hydroxyl groups is 3. The van der Waals surface area contributed by atoms with Gasteiger partial charge in [-0.2, -0.15) is 0 Å². The molecule has 0 radical (unpaired) electrons. The Hall–Kier alpha value is -1.14. The molecule has 0 bridgehead atoms. The van der Waals surface area contributed by atoms with E-state index in [-0.39, 0.29) is 29.0 Å². The van der Waals surface area contributed by atoms with Gasteiger partial charge in [-0.25, -0.2) is 0 Å². The largest absolute Gasteiger partial charge is 0.508 e.